The van der Waals surface area contributed by atoms with Crippen LogP contribution in [0.15, 0.2) is 10.6 Å². The number of amides is 1. The van der Waals surface area contributed by atoms with E-state index in [-0.39, 0.29) is 18.2 Å². The van der Waals surface area contributed by atoms with Gasteiger partial charge in [0.05, 0.1) is 0 Å². The summed E-state index contributed by atoms with van der Waals surface area (Å²) in [6.07, 6.45) is 0.644. The van der Waals surface area contributed by atoms with Crippen LogP contribution in [0.25, 0.3) is 0 Å². The molecule has 0 aromatic carbocycles. The molecule has 2 atom stereocenters. The zero-order valence-corrected chi connectivity index (χ0v) is 11.2. The van der Waals surface area contributed by atoms with Crippen LogP contribution in [0.4, 0.5) is 0 Å². The predicted octanol–water partition coefficient (Wildman–Crippen LogP) is 1.05. The first-order valence-electron chi connectivity index (χ1n) is 5.97. The van der Waals surface area contributed by atoms with Crippen molar-refractivity contribution >= 4 is 11.9 Å². The monoisotopic (exact) mass is 270 g/mol. The van der Waals surface area contributed by atoms with Crippen molar-refractivity contribution in [3.05, 3.63) is 17.5 Å². The fourth-order valence-electron chi connectivity index (χ4n) is 1.53. The molecule has 7 nitrogen and oxygen atoms in total. The average molecular weight is 270 g/mol. The normalized spacial score (nSPS) is 13.8. The number of hydrogen-bond acceptors (Lipinski definition) is 5. The second kappa shape index (κ2) is 6.89. The second-order valence-electron chi connectivity index (χ2n) is 4.29. The first kappa shape index (κ1) is 15.2. The van der Waals surface area contributed by atoms with Gasteiger partial charge in [-0.15, -0.1) is 0 Å². The first-order valence-corrected chi connectivity index (χ1v) is 5.97. The van der Waals surface area contributed by atoms with Crippen LogP contribution in [-0.4, -0.2) is 35.3 Å². The van der Waals surface area contributed by atoms with E-state index in [0.29, 0.717) is 12.2 Å². The van der Waals surface area contributed by atoms with Crippen LogP contribution in [0.1, 0.15) is 36.5 Å². The molecule has 0 bridgehead atoms. The van der Waals surface area contributed by atoms with Crippen LogP contribution >= 0.6 is 0 Å². The third kappa shape index (κ3) is 4.06. The molecule has 1 rings (SSSR count). The summed E-state index contributed by atoms with van der Waals surface area (Å²) in [5, 5.41) is 15.1. The Morgan fingerprint density at radius 3 is 2.79 bits per heavy atom. The average Bonchev–Trinajstić information content (AvgIpc) is 2.83. The number of aromatic nitrogens is 1. The number of carboxylic acids is 1. The van der Waals surface area contributed by atoms with Gasteiger partial charge in [-0.25, -0.2) is 4.79 Å². The van der Waals surface area contributed by atoms with Crippen LogP contribution in [-0.2, 0) is 16.1 Å². The Morgan fingerprint density at radius 1 is 1.58 bits per heavy atom. The molecule has 19 heavy (non-hydrogen) atoms. The van der Waals surface area contributed by atoms with Gasteiger partial charge in [-0.1, -0.05) is 25.4 Å². The number of nitrogens with zero attached hydrogens (tertiary/aromatic N) is 1. The number of hydrogen-bond donors (Lipinski definition) is 2. The van der Waals surface area contributed by atoms with E-state index in [2.05, 4.69) is 10.5 Å². The maximum Gasteiger partial charge on any atom is 0.326 e. The number of carbonyl (C=O) groups is 2. The van der Waals surface area contributed by atoms with Gasteiger partial charge in [-0.2, -0.15) is 0 Å². The molecule has 0 aliphatic heterocycles. The third-order valence-electron chi connectivity index (χ3n) is 2.84. The van der Waals surface area contributed by atoms with Gasteiger partial charge in [0.2, 0.25) is 0 Å². The molecular weight excluding hydrogens is 252 g/mol. The largest absolute Gasteiger partial charge is 0.480 e. The van der Waals surface area contributed by atoms with Crippen molar-refractivity contribution in [2.75, 3.05) is 7.11 Å². The SMILES string of the molecule is CC[C@H](C)[C@H](NC(=O)c1cc(COC)on1)C(=O)O. The summed E-state index contributed by atoms with van der Waals surface area (Å²) in [5.41, 5.74) is 0.0432. The predicted molar refractivity (Wildman–Crippen MR) is 65.6 cm³/mol. The van der Waals surface area contributed by atoms with Crippen molar-refractivity contribution in [3.8, 4) is 0 Å². The van der Waals surface area contributed by atoms with E-state index in [1.54, 1.807) is 6.92 Å². The highest BCUT2D eigenvalue weighted by atomic mass is 16.5. The fourth-order valence-corrected chi connectivity index (χ4v) is 1.53. The Labute approximate surface area is 110 Å². The molecule has 1 aromatic rings. The Balaban J connectivity index is 2.73. The lowest BCUT2D eigenvalue weighted by molar-refractivity contribution is -0.140. The van der Waals surface area contributed by atoms with Crippen molar-refractivity contribution in [1.82, 2.24) is 10.5 Å². The van der Waals surface area contributed by atoms with Gasteiger partial charge in [0.1, 0.15) is 12.6 Å². The summed E-state index contributed by atoms with van der Waals surface area (Å²) in [7, 11) is 1.49. The number of methoxy groups -OCH3 is 1. The molecule has 0 unspecified atom stereocenters. The Hall–Kier alpha value is -1.89. The highest BCUT2D eigenvalue weighted by Crippen LogP contribution is 2.10. The van der Waals surface area contributed by atoms with E-state index in [4.69, 9.17) is 14.4 Å². The number of rotatable bonds is 7. The van der Waals surface area contributed by atoms with E-state index in [0.717, 1.165) is 0 Å². The van der Waals surface area contributed by atoms with Crippen LogP contribution < -0.4 is 5.32 Å². The maximum absolute atomic E-state index is 11.9. The van der Waals surface area contributed by atoms with Crippen molar-refractivity contribution in [1.29, 1.82) is 0 Å². The van der Waals surface area contributed by atoms with E-state index < -0.39 is 17.9 Å². The lowest BCUT2D eigenvalue weighted by atomic mass is 9.99. The second-order valence-corrected chi connectivity index (χ2v) is 4.29. The number of nitrogens with one attached hydrogen (secondary N) is 1. The number of carboxylic acid groups (broad SMARTS) is 1. The van der Waals surface area contributed by atoms with E-state index in [1.807, 2.05) is 6.92 Å². The molecule has 1 amide bonds. The third-order valence-corrected chi connectivity index (χ3v) is 2.84. The van der Waals surface area contributed by atoms with Crippen LogP contribution in [0.2, 0.25) is 0 Å². The molecule has 0 saturated heterocycles. The van der Waals surface area contributed by atoms with Crippen molar-refractivity contribution in [3.63, 3.8) is 0 Å². The van der Waals surface area contributed by atoms with Crippen LogP contribution in [0.3, 0.4) is 0 Å². The first-order chi connectivity index (χ1) is 8.99. The molecule has 0 saturated carbocycles. The zero-order chi connectivity index (χ0) is 14.4. The lowest BCUT2D eigenvalue weighted by Gasteiger charge is -2.19. The minimum absolute atomic E-state index is 0.0432. The highest BCUT2D eigenvalue weighted by molar-refractivity contribution is 5.94. The van der Waals surface area contributed by atoms with Gasteiger partial charge >= 0.3 is 5.97 Å². The number of ether oxygens (including phenoxy) is 1. The topological polar surface area (TPSA) is 102 Å². The molecule has 1 aromatic heterocycles. The number of aliphatic carboxylic acids is 1. The molecule has 7 heteroatoms. The Morgan fingerprint density at radius 2 is 2.26 bits per heavy atom. The van der Waals surface area contributed by atoms with E-state index in [1.165, 1.54) is 13.2 Å². The summed E-state index contributed by atoms with van der Waals surface area (Å²) < 4.78 is 9.71. The number of carbonyl (C=O) groups excluding carboxylic acids is 1. The minimum Gasteiger partial charge on any atom is -0.480 e. The summed E-state index contributed by atoms with van der Waals surface area (Å²) >= 11 is 0. The molecular formula is C12H18N2O5. The molecule has 1 heterocycles. The minimum atomic E-state index is -1.07. The molecule has 0 aliphatic rings. The Kier molecular flexibility index (Phi) is 5.50. The summed E-state index contributed by atoms with van der Waals surface area (Å²) in [5.74, 6) is -1.41. The highest BCUT2D eigenvalue weighted by Gasteiger charge is 2.26. The van der Waals surface area contributed by atoms with E-state index >= 15 is 0 Å². The smallest absolute Gasteiger partial charge is 0.326 e. The summed E-state index contributed by atoms with van der Waals surface area (Å²) in [6, 6.07) is 0.481. The zero-order valence-electron chi connectivity index (χ0n) is 11.2. The van der Waals surface area contributed by atoms with Gasteiger partial charge in [0.25, 0.3) is 5.91 Å². The van der Waals surface area contributed by atoms with Crippen molar-refractivity contribution in [2.24, 2.45) is 5.92 Å². The van der Waals surface area contributed by atoms with Crippen LogP contribution in [0.5, 0.6) is 0 Å². The quantitative estimate of drug-likeness (QED) is 0.767. The van der Waals surface area contributed by atoms with Gasteiger partial charge in [-0.3, -0.25) is 4.79 Å². The van der Waals surface area contributed by atoms with Gasteiger partial charge in [-0.05, 0) is 5.92 Å². The summed E-state index contributed by atoms with van der Waals surface area (Å²) in [4.78, 5) is 23.0. The van der Waals surface area contributed by atoms with Gasteiger partial charge in [0.15, 0.2) is 11.5 Å². The van der Waals surface area contributed by atoms with Crippen LogP contribution in [0, 0.1) is 5.92 Å². The molecule has 0 radical (unpaired) electrons. The maximum atomic E-state index is 11.9. The van der Waals surface area contributed by atoms with Crippen molar-refractivity contribution in [2.45, 2.75) is 32.9 Å². The molecule has 0 fully saturated rings. The Bertz CT molecular complexity index is 443. The summed E-state index contributed by atoms with van der Waals surface area (Å²) in [6.45, 7) is 3.83. The van der Waals surface area contributed by atoms with Gasteiger partial charge < -0.3 is 19.7 Å². The lowest BCUT2D eigenvalue weighted by Crippen LogP contribution is -2.45. The molecule has 0 spiro atoms. The fraction of sp³-hybridized carbons (Fsp3) is 0.583. The van der Waals surface area contributed by atoms with Crippen molar-refractivity contribution < 1.29 is 24.0 Å². The molecule has 0 aliphatic carbocycles. The van der Waals surface area contributed by atoms with Gasteiger partial charge in [0, 0.05) is 13.2 Å². The molecule has 2 N–H and O–H groups in total. The molecule has 106 valence electrons. The standard InChI is InChI=1S/C12H18N2O5/c1-4-7(2)10(12(16)17)13-11(15)9-5-8(6-18-3)19-14-9/h5,7,10H,4,6H2,1-3H3,(H,13,15)(H,16,17)/t7-,10-/m0/s1. The van der Waals surface area contributed by atoms with E-state index in [9.17, 15) is 9.59 Å².